The molecule has 0 aromatic heterocycles. The standard InChI is InChI=1S/C21H45B/c1-19(2)13-7-10-16-22(17-11-8-14-20(3)4)18-12-9-15-21(5)6/h19-21H,7-18H2,1-6H3. The fraction of sp³-hybridized carbons (Fsp3) is 1.00. The van der Waals surface area contributed by atoms with Crippen LogP contribution in [0.25, 0.3) is 0 Å². The van der Waals surface area contributed by atoms with E-state index in [-0.39, 0.29) is 0 Å². The molecule has 0 saturated carbocycles. The predicted octanol–water partition coefficient (Wildman–Crippen LogP) is 7.96. The Morgan fingerprint density at radius 1 is 0.455 bits per heavy atom. The zero-order chi connectivity index (χ0) is 16.8. The van der Waals surface area contributed by atoms with E-state index >= 15 is 0 Å². The Morgan fingerprint density at radius 3 is 0.955 bits per heavy atom. The van der Waals surface area contributed by atoms with Crippen LogP contribution in [-0.4, -0.2) is 6.71 Å². The van der Waals surface area contributed by atoms with Gasteiger partial charge in [-0.2, -0.15) is 0 Å². The van der Waals surface area contributed by atoms with E-state index in [1.807, 2.05) is 0 Å². The second-order valence-corrected chi connectivity index (χ2v) is 8.90. The van der Waals surface area contributed by atoms with E-state index in [4.69, 9.17) is 0 Å². The van der Waals surface area contributed by atoms with Crippen LogP contribution in [0.2, 0.25) is 19.0 Å². The van der Waals surface area contributed by atoms with E-state index in [2.05, 4.69) is 41.5 Å². The summed E-state index contributed by atoms with van der Waals surface area (Å²) in [6.07, 6.45) is 17.5. The summed E-state index contributed by atoms with van der Waals surface area (Å²) < 4.78 is 0. The van der Waals surface area contributed by atoms with Gasteiger partial charge in [0.25, 0.3) is 0 Å². The second kappa shape index (κ2) is 14.6. The smallest absolute Gasteiger partial charge is 0.0741 e. The Labute approximate surface area is 143 Å². The van der Waals surface area contributed by atoms with Crippen molar-refractivity contribution >= 4 is 6.71 Å². The van der Waals surface area contributed by atoms with Crippen LogP contribution in [0.5, 0.6) is 0 Å². The fourth-order valence-corrected chi connectivity index (χ4v) is 3.39. The van der Waals surface area contributed by atoms with Crippen LogP contribution in [0.15, 0.2) is 0 Å². The minimum Gasteiger partial charge on any atom is -0.0741 e. The topological polar surface area (TPSA) is 0 Å². The molecule has 0 atom stereocenters. The lowest BCUT2D eigenvalue weighted by Crippen LogP contribution is -2.12. The van der Waals surface area contributed by atoms with Crippen molar-refractivity contribution in [2.24, 2.45) is 17.8 Å². The third kappa shape index (κ3) is 16.4. The molecule has 0 amide bonds. The minimum atomic E-state index is 0.885. The zero-order valence-electron chi connectivity index (χ0n) is 16.8. The summed E-state index contributed by atoms with van der Waals surface area (Å²) in [7, 11) is 0. The van der Waals surface area contributed by atoms with E-state index in [1.165, 1.54) is 76.7 Å². The third-order valence-corrected chi connectivity index (χ3v) is 4.93. The minimum absolute atomic E-state index is 0.885. The molecule has 0 nitrogen and oxygen atoms in total. The van der Waals surface area contributed by atoms with Crippen molar-refractivity contribution in [3.05, 3.63) is 0 Å². The van der Waals surface area contributed by atoms with Crippen molar-refractivity contribution in [3.63, 3.8) is 0 Å². The largest absolute Gasteiger partial charge is 0.139 e. The Balaban J connectivity index is 3.86. The van der Waals surface area contributed by atoms with Gasteiger partial charge in [-0.3, -0.25) is 0 Å². The van der Waals surface area contributed by atoms with Crippen LogP contribution in [-0.2, 0) is 0 Å². The van der Waals surface area contributed by atoms with Crippen LogP contribution in [0.3, 0.4) is 0 Å². The van der Waals surface area contributed by atoms with Gasteiger partial charge >= 0.3 is 0 Å². The van der Waals surface area contributed by atoms with Gasteiger partial charge in [0.2, 0.25) is 0 Å². The van der Waals surface area contributed by atoms with Crippen LogP contribution in [0, 0.1) is 17.8 Å². The summed E-state index contributed by atoms with van der Waals surface area (Å²) in [5.41, 5.74) is 0. The molecular formula is C21H45B. The molecule has 0 radical (unpaired) electrons. The molecule has 0 aromatic carbocycles. The van der Waals surface area contributed by atoms with Crippen LogP contribution in [0.1, 0.15) is 99.3 Å². The van der Waals surface area contributed by atoms with Crippen LogP contribution in [0.4, 0.5) is 0 Å². The summed E-state index contributed by atoms with van der Waals surface area (Å²) in [6, 6.07) is 0. The summed E-state index contributed by atoms with van der Waals surface area (Å²) in [6.45, 7) is 15.2. The molecule has 0 aliphatic heterocycles. The van der Waals surface area contributed by atoms with Gasteiger partial charge < -0.3 is 0 Å². The number of hydrogen-bond acceptors (Lipinski definition) is 0. The van der Waals surface area contributed by atoms with E-state index in [9.17, 15) is 0 Å². The molecule has 0 aliphatic carbocycles. The molecule has 0 N–H and O–H groups in total. The number of unbranched alkanes of at least 4 members (excludes halogenated alkanes) is 3. The number of hydrogen-bond donors (Lipinski definition) is 0. The first kappa shape index (κ1) is 22.1. The van der Waals surface area contributed by atoms with Gasteiger partial charge in [-0.25, -0.2) is 0 Å². The predicted molar refractivity (Wildman–Crippen MR) is 106 cm³/mol. The van der Waals surface area contributed by atoms with E-state index in [1.54, 1.807) is 0 Å². The molecule has 0 aliphatic rings. The van der Waals surface area contributed by atoms with Crippen molar-refractivity contribution < 1.29 is 0 Å². The Kier molecular flexibility index (Phi) is 14.7. The van der Waals surface area contributed by atoms with Gasteiger partial charge in [-0.15, -0.1) is 0 Å². The highest BCUT2D eigenvalue weighted by atomic mass is 14.0. The summed E-state index contributed by atoms with van der Waals surface area (Å²) in [4.78, 5) is 0. The molecule has 0 rings (SSSR count). The third-order valence-electron chi connectivity index (χ3n) is 4.93. The van der Waals surface area contributed by atoms with Crippen molar-refractivity contribution in [2.45, 2.75) is 118 Å². The average molecular weight is 308 g/mol. The molecule has 0 spiro atoms. The van der Waals surface area contributed by atoms with Crippen molar-refractivity contribution in [1.29, 1.82) is 0 Å². The van der Waals surface area contributed by atoms with E-state index < -0.39 is 0 Å². The molecule has 0 heterocycles. The van der Waals surface area contributed by atoms with Gasteiger partial charge in [0, 0.05) is 0 Å². The maximum absolute atomic E-state index is 2.36. The normalized spacial score (nSPS) is 11.9. The number of rotatable bonds is 15. The lowest BCUT2D eigenvalue weighted by molar-refractivity contribution is 0.539. The van der Waals surface area contributed by atoms with E-state index in [0.717, 1.165) is 24.5 Å². The van der Waals surface area contributed by atoms with E-state index in [0.29, 0.717) is 0 Å². The molecule has 0 aromatic rings. The molecule has 132 valence electrons. The highest BCUT2D eigenvalue weighted by Gasteiger charge is 2.13. The summed E-state index contributed by atoms with van der Waals surface area (Å²) in [5.74, 6) is 2.65. The van der Waals surface area contributed by atoms with Gasteiger partial charge in [-0.1, -0.05) is 118 Å². The average Bonchev–Trinajstić information content (AvgIpc) is 2.42. The Bertz CT molecular complexity index is 182. The molecule has 0 bridgehead atoms. The van der Waals surface area contributed by atoms with Crippen molar-refractivity contribution in [3.8, 4) is 0 Å². The van der Waals surface area contributed by atoms with Crippen molar-refractivity contribution in [1.82, 2.24) is 0 Å². The quantitative estimate of drug-likeness (QED) is 0.212. The second-order valence-electron chi connectivity index (χ2n) is 8.90. The maximum Gasteiger partial charge on any atom is 0.139 e. The monoisotopic (exact) mass is 308 g/mol. The zero-order valence-corrected chi connectivity index (χ0v) is 16.8. The lowest BCUT2D eigenvalue weighted by Gasteiger charge is -2.15. The first-order valence-corrected chi connectivity index (χ1v) is 10.4. The molecule has 1 heteroatoms. The summed E-state index contributed by atoms with van der Waals surface area (Å²) >= 11 is 0. The Hall–Kier alpha value is 0.0649. The SMILES string of the molecule is CC(C)CCCCB(CCCCC(C)C)CCCCC(C)C. The fourth-order valence-electron chi connectivity index (χ4n) is 3.39. The van der Waals surface area contributed by atoms with Gasteiger partial charge in [-0.05, 0) is 17.8 Å². The highest BCUT2D eigenvalue weighted by Crippen LogP contribution is 2.21. The molecule has 0 unspecified atom stereocenters. The molecule has 22 heavy (non-hydrogen) atoms. The first-order chi connectivity index (χ1) is 10.4. The Morgan fingerprint density at radius 2 is 0.727 bits per heavy atom. The van der Waals surface area contributed by atoms with Gasteiger partial charge in [0.05, 0.1) is 0 Å². The maximum atomic E-state index is 2.36. The molecule has 0 fully saturated rings. The van der Waals surface area contributed by atoms with Crippen LogP contribution < -0.4 is 0 Å². The van der Waals surface area contributed by atoms with Crippen molar-refractivity contribution in [2.75, 3.05) is 0 Å². The van der Waals surface area contributed by atoms with Gasteiger partial charge in [0.15, 0.2) is 0 Å². The van der Waals surface area contributed by atoms with Gasteiger partial charge in [0.1, 0.15) is 6.71 Å². The molecular weight excluding hydrogens is 263 g/mol. The van der Waals surface area contributed by atoms with Crippen LogP contribution >= 0.6 is 0 Å². The molecule has 0 saturated heterocycles. The highest BCUT2D eigenvalue weighted by molar-refractivity contribution is 6.58. The summed E-state index contributed by atoms with van der Waals surface area (Å²) in [5, 5.41) is 0. The first-order valence-electron chi connectivity index (χ1n) is 10.4. The lowest BCUT2D eigenvalue weighted by atomic mass is 9.41.